The molecule has 1 aliphatic rings. The standard InChI is InChI=1S/C6H11NO3/c8-6-3-1-2-5(4-6)7(9)10/h5-6,8H,1-4H2/t5-,6?/m1/s1. The Morgan fingerprint density at radius 2 is 2.20 bits per heavy atom. The van der Waals surface area contributed by atoms with Crippen LogP contribution in [-0.4, -0.2) is 22.2 Å². The number of aliphatic hydroxyl groups is 1. The topological polar surface area (TPSA) is 63.4 Å². The molecule has 58 valence electrons. The Kier molecular flexibility index (Phi) is 2.21. The molecule has 0 saturated heterocycles. The van der Waals surface area contributed by atoms with Gasteiger partial charge in [0.15, 0.2) is 0 Å². The summed E-state index contributed by atoms with van der Waals surface area (Å²) in [7, 11) is 0. The van der Waals surface area contributed by atoms with Gasteiger partial charge in [-0.25, -0.2) is 0 Å². The summed E-state index contributed by atoms with van der Waals surface area (Å²) in [5.74, 6) is 0. The van der Waals surface area contributed by atoms with E-state index in [-0.39, 0.29) is 4.92 Å². The van der Waals surface area contributed by atoms with Gasteiger partial charge in [-0.05, 0) is 12.8 Å². The van der Waals surface area contributed by atoms with Gasteiger partial charge in [0.05, 0.1) is 6.10 Å². The van der Waals surface area contributed by atoms with Gasteiger partial charge in [-0.15, -0.1) is 0 Å². The Hall–Kier alpha value is -0.640. The van der Waals surface area contributed by atoms with E-state index in [0.717, 1.165) is 12.8 Å². The van der Waals surface area contributed by atoms with Crippen LogP contribution in [0.4, 0.5) is 0 Å². The van der Waals surface area contributed by atoms with Crippen molar-refractivity contribution in [2.75, 3.05) is 0 Å². The zero-order valence-electron chi connectivity index (χ0n) is 5.69. The summed E-state index contributed by atoms with van der Waals surface area (Å²) in [4.78, 5) is 9.91. The summed E-state index contributed by atoms with van der Waals surface area (Å²) >= 11 is 0. The molecule has 0 radical (unpaired) electrons. The molecule has 0 bridgehead atoms. The third-order valence-corrected chi connectivity index (χ3v) is 1.92. The molecule has 2 atom stereocenters. The van der Waals surface area contributed by atoms with E-state index >= 15 is 0 Å². The minimum Gasteiger partial charge on any atom is -0.393 e. The lowest BCUT2D eigenvalue weighted by Crippen LogP contribution is -2.29. The molecule has 1 aliphatic carbocycles. The molecule has 0 aromatic heterocycles. The van der Waals surface area contributed by atoms with E-state index in [2.05, 4.69) is 0 Å². The van der Waals surface area contributed by atoms with Crippen LogP contribution in [0.1, 0.15) is 25.7 Å². The fraction of sp³-hybridized carbons (Fsp3) is 1.00. The van der Waals surface area contributed by atoms with Crippen molar-refractivity contribution >= 4 is 0 Å². The van der Waals surface area contributed by atoms with Crippen LogP contribution in [0.2, 0.25) is 0 Å². The second kappa shape index (κ2) is 2.96. The smallest absolute Gasteiger partial charge is 0.215 e. The van der Waals surface area contributed by atoms with E-state index in [0.29, 0.717) is 12.8 Å². The SMILES string of the molecule is O=[N+]([O-])[C@@H]1CCCC(O)C1. The van der Waals surface area contributed by atoms with Crippen molar-refractivity contribution in [3.8, 4) is 0 Å². The predicted octanol–water partition coefficient (Wildman–Crippen LogP) is 0.567. The van der Waals surface area contributed by atoms with Crippen LogP contribution in [-0.2, 0) is 0 Å². The molecule has 1 rings (SSSR count). The lowest BCUT2D eigenvalue weighted by molar-refractivity contribution is -0.528. The third kappa shape index (κ3) is 1.67. The van der Waals surface area contributed by atoms with Gasteiger partial charge < -0.3 is 5.11 Å². The van der Waals surface area contributed by atoms with Gasteiger partial charge in [0, 0.05) is 17.8 Å². The fourth-order valence-electron chi connectivity index (χ4n) is 1.33. The zero-order valence-corrected chi connectivity index (χ0v) is 5.69. The van der Waals surface area contributed by atoms with Crippen LogP contribution in [0.15, 0.2) is 0 Å². The minimum absolute atomic E-state index is 0.289. The van der Waals surface area contributed by atoms with Gasteiger partial charge in [0.25, 0.3) is 0 Å². The number of nitrogens with zero attached hydrogens (tertiary/aromatic N) is 1. The van der Waals surface area contributed by atoms with Crippen LogP contribution in [0.5, 0.6) is 0 Å². The highest BCUT2D eigenvalue weighted by Crippen LogP contribution is 2.19. The molecule has 1 unspecified atom stereocenters. The van der Waals surface area contributed by atoms with Crippen LogP contribution >= 0.6 is 0 Å². The number of aliphatic hydroxyl groups excluding tert-OH is 1. The van der Waals surface area contributed by atoms with Gasteiger partial charge >= 0.3 is 0 Å². The van der Waals surface area contributed by atoms with Gasteiger partial charge in [-0.3, -0.25) is 10.1 Å². The van der Waals surface area contributed by atoms with E-state index < -0.39 is 12.1 Å². The van der Waals surface area contributed by atoms with Gasteiger partial charge in [0.2, 0.25) is 6.04 Å². The summed E-state index contributed by atoms with van der Waals surface area (Å²) in [6, 6.07) is -0.497. The quantitative estimate of drug-likeness (QED) is 0.433. The Labute approximate surface area is 59.0 Å². The number of hydrogen-bond donors (Lipinski definition) is 1. The summed E-state index contributed by atoms with van der Waals surface area (Å²) in [5, 5.41) is 19.2. The number of nitro groups is 1. The second-order valence-electron chi connectivity index (χ2n) is 2.76. The molecule has 0 aliphatic heterocycles. The van der Waals surface area contributed by atoms with E-state index in [1.807, 2.05) is 0 Å². The Morgan fingerprint density at radius 1 is 1.50 bits per heavy atom. The Balaban J connectivity index is 2.39. The lowest BCUT2D eigenvalue weighted by atomic mass is 9.94. The maximum Gasteiger partial charge on any atom is 0.215 e. The molecule has 1 saturated carbocycles. The molecular formula is C6H11NO3. The predicted molar refractivity (Wildman–Crippen MR) is 35.3 cm³/mol. The molecule has 4 heteroatoms. The first kappa shape index (κ1) is 7.47. The van der Waals surface area contributed by atoms with Crippen molar-refractivity contribution in [1.82, 2.24) is 0 Å². The zero-order chi connectivity index (χ0) is 7.56. The summed E-state index contributed by atoms with van der Waals surface area (Å²) in [6.45, 7) is 0. The maximum absolute atomic E-state index is 10.2. The monoisotopic (exact) mass is 145 g/mol. The molecule has 0 aromatic carbocycles. The molecule has 0 heterocycles. The van der Waals surface area contributed by atoms with Crippen molar-refractivity contribution < 1.29 is 10.0 Å². The van der Waals surface area contributed by atoms with Crippen LogP contribution in [0.25, 0.3) is 0 Å². The first-order chi connectivity index (χ1) is 4.70. The van der Waals surface area contributed by atoms with E-state index in [4.69, 9.17) is 5.11 Å². The molecule has 1 N–H and O–H groups in total. The van der Waals surface area contributed by atoms with Crippen LogP contribution < -0.4 is 0 Å². The molecule has 0 amide bonds. The van der Waals surface area contributed by atoms with E-state index in [1.54, 1.807) is 0 Å². The highest BCUT2D eigenvalue weighted by molar-refractivity contribution is 4.70. The van der Waals surface area contributed by atoms with Crippen LogP contribution in [0, 0.1) is 10.1 Å². The number of hydrogen-bond acceptors (Lipinski definition) is 3. The molecule has 0 spiro atoms. The van der Waals surface area contributed by atoms with Crippen molar-refractivity contribution in [1.29, 1.82) is 0 Å². The van der Waals surface area contributed by atoms with Crippen molar-refractivity contribution in [2.24, 2.45) is 0 Å². The summed E-state index contributed by atoms with van der Waals surface area (Å²) in [5.41, 5.74) is 0. The molecule has 0 aromatic rings. The fourth-order valence-corrected chi connectivity index (χ4v) is 1.33. The van der Waals surface area contributed by atoms with E-state index in [9.17, 15) is 10.1 Å². The summed E-state index contributed by atoms with van der Waals surface area (Å²) in [6.07, 6.45) is 2.04. The van der Waals surface area contributed by atoms with Gasteiger partial charge in [-0.2, -0.15) is 0 Å². The minimum atomic E-state index is -0.497. The van der Waals surface area contributed by atoms with Crippen molar-refractivity contribution in [2.45, 2.75) is 37.8 Å². The Bertz CT molecular complexity index is 137. The third-order valence-electron chi connectivity index (χ3n) is 1.92. The average molecular weight is 145 g/mol. The van der Waals surface area contributed by atoms with Gasteiger partial charge in [0.1, 0.15) is 0 Å². The highest BCUT2D eigenvalue weighted by Gasteiger charge is 2.27. The summed E-state index contributed by atoms with van der Waals surface area (Å²) < 4.78 is 0. The van der Waals surface area contributed by atoms with Gasteiger partial charge in [-0.1, -0.05) is 0 Å². The molecule has 1 fully saturated rings. The van der Waals surface area contributed by atoms with E-state index in [1.165, 1.54) is 0 Å². The lowest BCUT2D eigenvalue weighted by Gasteiger charge is -2.19. The largest absolute Gasteiger partial charge is 0.393 e. The van der Waals surface area contributed by atoms with Crippen molar-refractivity contribution in [3.05, 3.63) is 10.1 Å². The average Bonchev–Trinajstić information content (AvgIpc) is 1.88. The number of rotatable bonds is 1. The molecule has 4 nitrogen and oxygen atoms in total. The second-order valence-corrected chi connectivity index (χ2v) is 2.76. The molecule has 10 heavy (non-hydrogen) atoms. The highest BCUT2D eigenvalue weighted by atomic mass is 16.6. The normalized spacial score (nSPS) is 33.7. The molecular weight excluding hydrogens is 134 g/mol. The van der Waals surface area contributed by atoms with Crippen LogP contribution in [0.3, 0.4) is 0 Å². The first-order valence-electron chi connectivity index (χ1n) is 3.51. The maximum atomic E-state index is 10.2. The Morgan fingerprint density at radius 3 is 2.60 bits per heavy atom. The first-order valence-corrected chi connectivity index (χ1v) is 3.51. The van der Waals surface area contributed by atoms with Crippen molar-refractivity contribution in [3.63, 3.8) is 0 Å².